The van der Waals surface area contributed by atoms with E-state index in [9.17, 15) is 16.8 Å². The number of hydrogen-bond donors (Lipinski definition) is 0. The molecular formula is C26H18O5S2. The molecule has 0 amide bonds. The van der Waals surface area contributed by atoms with Crippen LogP contribution in [0.5, 0.6) is 0 Å². The van der Waals surface area contributed by atoms with Crippen LogP contribution in [0, 0.1) is 0 Å². The first-order chi connectivity index (χ1) is 15.9. The molecule has 2 unspecified atom stereocenters. The van der Waals surface area contributed by atoms with Crippen LogP contribution in [0.3, 0.4) is 0 Å². The molecule has 2 atom stereocenters. The number of rotatable bonds is 4. The topological polar surface area (TPSA) is 77.5 Å². The highest BCUT2D eigenvalue weighted by atomic mass is 33.2. The van der Waals surface area contributed by atoms with Crippen molar-refractivity contribution in [3.8, 4) is 0 Å². The molecular weight excluding hydrogens is 456 g/mol. The van der Waals surface area contributed by atoms with Crippen molar-refractivity contribution in [2.45, 2.75) is 11.4 Å². The third-order valence-electron chi connectivity index (χ3n) is 6.27. The van der Waals surface area contributed by atoms with Gasteiger partial charge in [0.2, 0.25) is 0 Å². The Morgan fingerprint density at radius 2 is 1.12 bits per heavy atom. The molecule has 4 aromatic rings. The van der Waals surface area contributed by atoms with Crippen LogP contribution in [-0.4, -0.2) is 16.8 Å². The van der Waals surface area contributed by atoms with Gasteiger partial charge in [-0.25, -0.2) is 12.6 Å². The van der Waals surface area contributed by atoms with Crippen LogP contribution in [0.4, 0.5) is 0 Å². The van der Waals surface area contributed by atoms with E-state index in [1.807, 2.05) is 48.5 Å². The summed E-state index contributed by atoms with van der Waals surface area (Å²) in [6.45, 7) is 0. The molecule has 5 nitrogen and oxygen atoms in total. The lowest BCUT2D eigenvalue weighted by Crippen LogP contribution is -2.26. The largest absolute Gasteiger partial charge is 0.377 e. The molecule has 0 aliphatic heterocycles. The Kier molecular flexibility index (Phi) is 4.39. The maximum Gasteiger partial charge on any atom is 0.377 e. The molecule has 4 aromatic carbocycles. The quantitative estimate of drug-likeness (QED) is 0.365. The Labute approximate surface area is 191 Å². The summed E-state index contributed by atoms with van der Waals surface area (Å²) in [7, 11) is -9.75. The van der Waals surface area contributed by atoms with Crippen LogP contribution < -0.4 is 0 Å². The lowest BCUT2D eigenvalue weighted by Gasteiger charge is -2.24. The molecule has 0 saturated heterocycles. The molecule has 0 N–H and O–H groups in total. The van der Waals surface area contributed by atoms with Gasteiger partial charge in [0.25, 0.3) is 8.87 Å². The molecule has 0 radical (unpaired) electrons. The standard InChI is InChI=1S/C26H18O5S2/c27-32(28,24-16-14-20-8-2-6-18-10-4-12-22(24)26(18)20)33(29,30)31-23-15-13-19-7-1-5-17-9-3-11-21(23)25(17)19/h1-16,23-24H. The highest BCUT2D eigenvalue weighted by Gasteiger charge is 2.42. The molecule has 2 aliphatic rings. The zero-order chi connectivity index (χ0) is 22.8. The Hall–Kier alpha value is -3.26. The third kappa shape index (κ3) is 3.00. The molecule has 2 aliphatic carbocycles. The van der Waals surface area contributed by atoms with Crippen molar-refractivity contribution in [3.05, 3.63) is 107 Å². The van der Waals surface area contributed by atoms with Crippen LogP contribution in [0.25, 0.3) is 33.7 Å². The van der Waals surface area contributed by atoms with Crippen molar-refractivity contribution >= 4 is 51.7 Å². The molecule has 0 bridgehead atoms. The first kappa shape index (κ1) is 20.4. The van der Waals surface area contributed by atoms with Crippen LogP contribution >= 0.6 is 0 Å². The molecule has 0 fully saturated rings. The van der Waals surface area contributed by atoms with Gasteiger partial charge in [-0.15, -0.1) is 0 Å². The predicted octanol–water partition coefficient (Wildman–Crippen LogP) is 5.51. The summed E-state index contributed by atoms with van der Waals surface area (Å²) in [5, 5.41) is 2.03. The van der Waals surface area contributed by atoms with Gasteiger partial charge < -0.3 is 0 Å². The van der Waals surface area contributed by atoms with E-state index < -0.39 is 29.4 Å². The fourth-order valence-electron chi connectivity index (χ4n) is 4.79. The van der Waals surface area contributed by atoms with Crippen LogP contribution in [0.1, 0.15) is 33.6 Å². The minimum Gasteiger partial charge on any atom is -0.246 e. The van der Waals surface area contributed by atoms with Gasteiger partial charge >= 0.3 is 9.15 Å². The second-order valence-electron chi connectivity index (χ2n) is 8.14. The van der Waals surface area contributed by atoms with E-state index in [0.29, 0.717) is 11.1 Å². The van der Waals surface area contributed by atoms with Crippen LogP contribution in [-0.2, 0) is 22.2 Å². The first-order valence-corrected chi connectivity index (χ1v) is 13.9. The normalized spacial score (nSPS) is 19.3. The van der Waals surface area contributed by atoms with Gasteiger partial charge in [-0.2, -0.15) is 8.42 Å². The molecule has 0 saturated carbocycles. The van der Waals surface area contributed by atoms with Crippen molar-refractivity contribution in [1.82, 2.24) is 0 Å². The third-order valence-corrected chi connectivity index (χ3v) is 10.9. The number of hydrogen-bond acceptors (Lipinski definition) is 5. The van der Waals surface area contributed by atoms with E-state index in [4.69, 9.17) is 4.18 Å². The van der Waals surface area contributed by atoms with E-state index in [1.54, 1.807) is 42.5 Å². The smallest absolute Gasteiger partial charge is 0.246 e. The first-order valence-electron chi connectivity index (χ1n) is 10.4. The minimum absolute atomic E-state index is 0.435. The molecule has 7 heteroatoms. The zero-order valence-electron chi connectivity index (χ0n) is 17.3. The van der Waals surface area contributed by atoms with E-state index in [1.165, 1.54) is 6.08 Å². The summed E-state index contributed by atoms with van der Waals surface area (Å²) >= 11 is 0. The molecule has 0 spiro atoms. The second-order valence-corrected chi connectivity index (χ2v) is 13.3. The summed E-state index contributed by atoms with van der Waals surface area (Å²) in [6, 6.07) is 22.2. The monoisotopic (exact) mass is 474 g/mol. The fraction of sp³-hybridized carbons (Fsp3) is 0.0769. The molecule has 6 rings (SSSR count). The van der Waals surface area contributed by atoms with Gasteiger partial charge in [0.15, 0.2) is 0 Å². The summed E-state index contributed by atoms with van der Waals surface area (Å²) in [5.41, 5.74) is 2.84. The maximum atomic E-state index is 13.4. The van der Waals surface area contributed by atoms with E-state index >= 15 is 0 Å². The van der Waals surface area contributed by atoms with Crippen molar-refractivity contribution < 1.29 is 21.0 Å². The Bertz CT molecular complexity index is 1720. The Balaban J connectivity index is 1.42. The van der Waals surface area contributed by atoms with Crippen molar-refractivity contribution in [3.63, 3.8) is 0 Å². The average Bonchev–Trinajstić information content (AvgIpc) is 2.81. The Morgan fingerprint density at radius 3 is 1.76 bits per heavy atom. The minimum atomic E-state index is -4.99. The van der Waals surface area contributed by atoms with Gasteiger partial charge in [0, 0.05) is 0 Å². The van der Waals surface area contributed by atoms with Crippen molar-refractivity contribution in [2.75, 3.05) is 0 Å². The lowest BCUT2D eigenvalue weighted by atomic mass is 9.92. The van der Waals surface area contributed by atoms with Crippen molar-refractivity contribution in [2.24, 2.45) is 0 Å². The fourth-order valence-corrected chi connectivity index (χ4v) is 8.20. The maximum absolute atomic E-state index is 13.4. The summed E-state index contributed by atoms with van der Waals surface area (Å²) in [4.78, 5) is 0. The Morgan fingerprint density at radius 1 is 0.606 bits per heavy atom. The van der Waals surface area contributed by atoms with Gasteiger partial charge in [-0.1, -0.05) is 91.0 Å². The van der Waals surface area contributed by atoms with E-state index in [0.717, 1.165) is 32.7 Å². The SMILES string of the molecule is O=S(=O)(OC1C=Cc2cccc3cccc1c23)S(=O)(=O)C1C=Cc2cccc3cccc1c23. The summed E-state index contributed by atoms with van der Waals surface area (Å²) < 4.78 is 58.7. The van der Waals surface area contributed by atoms with Gasteiger partial charge in [0.05, 0.1) is 0 Å². The van der Waals surface area contributed by atoms with E-state index in [2.05, 4.69) is 0 Å². The lowest BCUT2D eigenvalue weighted by molar-refractivity contribution is 0.270. The highest BCUT2D eigenvalue weighted by molar-refractivity contribution is 8.65. The molecule has 0 aromatic heterocycles. The van der Waals surface area contributed by atoms with Crippen LogP contribution in [0.2, 0.25) is 0 Å². The zero-order valence-corrected chi connectivity index (χ0v) is 18.9. The van der Waals surface area contributed by atoms with Crippen molar-refractivity contribution in [1.29, 1.82) is 0 Å². The molecule has 33 heavy (non-hydrogen) atoms. The van der Waals surface area contributed by atoms with Crippen LogP contribution in [0.15, 0.2) is 84.9 Å². The van der Waals surface area contributed by atoms with Gasteiger partial charge in [-0.3, -0.25) is 0 Å². The summed E-state index contributed by atoms with van der Waals surface area (Å²) in [5.74, 6) is 0. The average molecular weight is 475 g/mol. The second kappa shape index (κ2) is 7.12. The molecule has 164 valence electrons. The molecule has 0 heterocycles. The predicted molar refractivity (Wildman–Crippen MR) is 130 cm³/mol. The van der Waals surface area contributed by atoms with Gasteiger partial charge in [0.1, 0.15) is 11.4 Å². The number of benzene rings is 4. The summed E-state index contributed by atoms with van der Waals surface area (Å²) in [6.07, 6.45) is 5.39. The highest BCUT2D eigenvalue weighted by Crippen LogP contribution is 2.42. The van der Waals surface area contributed by atoms with E-state index in [-0.39, 0.29) is 0 Å². The van der Waals surface area contributed by atoms with Gasteiger partial charge in [-0.05, 0) is 49.9 Å².